The largest absolute Gasteiger partial charge is 0.369 e. The summed E-state index contributed by atoms with van der Waals surface area (Å²) in [6.45, 7) is 5.19. The number of piperazine rings is 1. The molecule has 1 saturated heterocycles. The SMILES string of the molecule is C[C@@H](NS(=O)(=O)c1ccc([N+](=O)[O-])cc1)[C@@H](c1cccs1)N1CCN(c2ccccc2)CC1. The summed E-state index contributed by atoms with van der Waals surface area (Å²) in [5.41, 5.74) is 1.05. The van der Waals surface area contributed by atoms with Gasteiger partial charge in [-0.1, -0.05) is 24.3 Å². The number of nitro groups is 1. The quantitative estimate of drug-likeness (QED) is 0.383. The van der Waals surface area contributed by atoms with Gasteiger partial charge in [-0.25, -0.2) is 13.1 Å². The van der Waals surface area contributed by atoms with Crippen LogP contribution >= 0.6 is 11.3 Å². The molecule has 4 rings (SSSR count). The smallest absolute Gasteiger partial charge is 0.269 e. The number of hydrogen-bond acceptors (Lipinski definition) is 7. The van der Waals surface area contributed by atoms with Crippen molar-refractivity contribution in [1.82, 2.24) is 9.62 Å². The van der Waals surface area contributed by atoms with Crippen LogP contribution in [0.2, 0.25) is 0 Å². The first-order chi connectivity index (χ1) is 15.8. The van der Waals surface area contributed by atoms with E-state index in [0.29, 0.717) is 0 Å². The van der Waals surface area contributed by atoms with Gasteiger partial charge < -0.3 is 4.90 Å². The number of anilines is 1. The third-order valence-electron chi connectivity index (χ3n) is 5.84. The van der Waals surface area contributed by atoms with E-state index in [0.717, 1.165) is 31.1 Å². The van der Waals surface area contributed by atoms with E-state index in [4.69, 9.17) is 0 Å². The number of sulfonamides is 1. The molecule has 10 heteroatoms. The van der Waals surface area contributed by atoms with Crippen molar-refractivity contribution in [3.05, 3.63) is 87.1 Å². The Morgan fingerprint density at radius 1 is 0.970 bits per heavy atom. The number of non-ortho nitro benzene ring substituents is 1. The van der Waals surface area contributed by atoms with Crippen molar-refractivity contribution in [1.29, 1.82) is 0 Å². The first-order valence-electron chi connectivity index (χ1n) is 10.7. The third-order valence-corrected chi connectivity index (χ3v) is 8.35. The Kier molecular flexibility index (Phi) is 7.08. The number of nitrogens with zero attached hydrogens (tertiary/aromatic N) is 3. The molecular formula is C23H26N4O4S2. The van der Waals surface area contributed by atoms with Crippen LogP contribution in [0.4, 0.5) is 11.4 Å². The van der Waals surface area contributed by atoms with Crippen LogP contribution in [0.1, 0.15) is 17.8 Å². The predicted octanol–water partition coefficient (Wildman–Crippen LogP) is 3.89. The maximum absolute atomic E-state index is 13.0. The molecular weight excluding hydrogens is 460 g/mol. The number of para-hydroxylation sites is 1. The Hall–Kier alpha value is -2.79. The van der Waals surface area contributed by atoms with Gasteiger partial charge in [0.25, 0.3) is 5.69 Å². The molecule has 33 heavy (non-hydrogen) atoms. The zero-order valence-corrected chi connectivity index (χ0v) is 19.8. The molecule has 1 N–H and O–H groups in total. The van der Waals surface area contributed by atoms with Crippen LogP contribution < -0.4 is 9.62 Å². The van der Waals surface area contributed by atoms with Crippen molar-refractivity contribution in [2.75, 3.05) is 31.1 Å². The standard InChI is InChI=1S/C23H26N4O4S2/c1-18(24-33(30,31)21-11-9-20(10-12-21)27(28)29)23(22-8-5-17-32-22)26-15-13-25(14-16-26)19-6-3-2-4-7-19/h2-12,17-18,23-24H,13-16H2,1H3/t18-,23+/m1/s1. The van der Waals surface area contributed by atoms with E-state index in [-0.39, 0.29) is 16.6 Å². The van der Waals surface area contributed by atoms with Crippen LogP contribution in [0.15, 0.2) is 77.0 Å². The highest BCUT2D eigenvalue weighted by molar-refractivity contribution is 7.89. The lowest BCUT2D eigenvalue weighted by molar-refractivity contribution is -0.384. The first kappa shape index (κ1) is 23.4. The summed E-state index contributed by atoms with van der Waals surface area (Å²) in [5, 5.41) is 12.9. The van der Waals surface area contributed by atoms with Gasteiger partial charge in [0.2, 0.25) is 10.0 Å². The molecule has 174 valence electrons. The first-order valence-corrected chi connectivity index (χ1v) is 13.1. The predicted molar refractivity (Wildman–Crippen MR) is 130 cm³/mol. The van der Waals surface area contributed by atoms with E-state index in [9.17, 15) is 18.5 Å². The molecule has 0 amide bonds. The summed E-state index contributed by atoms with van der Waals surface area (Å²) < 4.78 is 28.8. The molecule has 2 aromatic carbocycles. The van der Waals surface area contributed by atoms with Crippen LogP contribution in [-0.2, 0) is 10.0 Å². The van der Waals surface area contributed by atoms with Gasteiger partial charge in [-0.3, -0.25) is 15.0 Å². The number of rotatable bonds is 8. The molecule has 0 aliphatic carbocycles. The second-order valence-corrected chi connectivity index (χ2v) is 10.7. The summed E-state index contributed by atoms with van der Waals surface area (Å²) in [5.74, 6) is 0. The van der Waals surface area contributed by atoms with Crippen molar-refractivity contribution < 1.29 is 13.3 Å². The molecule has 1 aromatic heterocycles. The van der Waals surface area contributed by atoms with Gasteiger partial charge in [0.05, 0.1) is 15.9 Å². The molecule has 3 aromatic rings. The molecule has 2 atom stereocenters. The third kappa shape index (κ3) is 5.41. The molecule has 0 spiro atoms. The molecule has 0 saturated carbocycles. The average Bonchev–Trinajstić information content (AvgIpc) is 3.34. The molecule has 1 fully saturated rings. The highest BCUT2D eigenvalue weighted by atomic mass is 32.2. The second-order valence-electron chi connectivity index (χ2n) is 7.98. The van der Waals surface area contributed by atoms with E-state index in [1.54, 1.807) is 11.3 Å². The topological polar surface area (TPSA) is 95.8 Å². The molecule has 0 unspecified atom stereocenters. The minimum Gasteiger partial charge on any atom is -0.369 e. The molecule has 0 bridgehead atoms. The van der Waals surface area contributed by atoms with Crippen molar-refractivity contribution in [3.63, 3.8) is 0 Å². The molecule has 8 nitrogen and oxygen atoms in total. The van der Waals surface area contributed by atoms with Gasteiger partial charge in [-0.2, -0.15) is 0 Å². The van der Waals surface area contributed by atoms with Crippen molar-refractivity contribution in [2.45, 2.75) is 23.9 Å². The summed E-state index contributed by atoms with van der Waals surface area (Å²) in [7, 11) is -3.84. The Labute approximate surface area is 197 Å². The van der Waals surface area contributed by atoms with E-state index in [2.05, 4.69) is 26.7 Å². The van der Waals surface area contributed by atoms with Crippen molar-refractivity contribution in [2.24, 2.45) is 0 Å². The number of benzene rings is 2. The highest BCUT2D eigenvalue weighted by Crippen LogP contribution is 2.31. The van der Waals surface area contributed by atoms with E-state index >= 15 is 0 Å². The zero-order valence-electron chi connectivity index (χ0n) is 18.2. The summed E-state index contributed by atoms with van der Waals surface area (Å²) in [6.07, 6.45) is 0. The Bertz CT molecular complexity index is 1160. The fourth-order valence-electron chi connectivity index (χ4n) is 4.22. The lowest BCUT2D eigenvalue weighted by Gasteiger charge is -2.42. The van der Waals surface area contributed by atoms with Gasteiger partial charge in [-0.15, -0.1) is 11.3 Å². The monoisotopic (exact) mass is 486 g/mol. The average molecular weight is 487 g/mol. The van der Waals surface area contributed by atoms with E-state index in [1.807, 2.05) is 42.6 Å². The maximum Gasteiger partial charge on any atom is 0.269 e. The van der Waals surface area contributed by atoms with Crippen LogP contribution in [0.5, 0.6) is 0 Å². The molecule has 2 heterocycles. The molecule has 0 radical (unpaired) electrons. The highest BCUT2D eigenvalue weighted by Gasteiger charge is 2.32. The molecule has 1 aliphatic rings. The number of thiophene rings is 1. The number of hydrogen-bond donors (Lipinski definition) is 1. The number of nitro benzene ring substituents is 1. The maximum atomic E-state index is 13.0. The van der Waals surface area contributed by atoms with Crippen molar-refractivity contribution >= 4 is 32.7 Å². The van der Waals surface area contributed by atoms with Crippen LogP contribution in [0.3, 0.4) is 0 Å². The van der Waals surface area contributed by atoms with Crippen LogP contribution in [0, 0.1) is 10.1 Å². The van der Waals surface area contributed by atoms with Crippen LogP contribution in [-0.4, -0.2) is 50.5 Å². The Balaban J connectivity index is 1.50. The van der Waals surface area contributed by atoms with Crippen LogP contribution in [0.25, 0.3) is 0 Å². The summed E-state index contributed by atoms with van der Waals surface area (Å²) in [6, 6.07) is 18.7. The fraction of sp³-hybridized carbons (Fsp3) is 0.304. The Morgan fingerprint density at radius 2 is 1.64 bits per heavy atom. The van der Waals surface area contributed by atoms with Gasteiger partial charge in [0, 0.05) is 54.9 Å². The van der Waals surface area contributed by atoms with Crippen molar-refractivity contribution in [3.8, 4) is 0 Å². The summed E-state index contributed by atoms with van der Waals surface area (Å²) >= 11 is 1.61. The summed E-state index contributed by atoms with van der Waals surface area (Å²) in [4.78, 5) is 16.1. The zero-order chi connectivity index (χ0) is 23.4. The minimum atomic E-state index is -3.84. The normalized spacial score (nSPS) is 16.9. The van der Waals surface area contributed by atoms with Gasteiger partial charge >= 0.3 is 0 Å². The Morgan fingerprint density at radius 3 is 2.21 bits per heavy atom. The van der Waals surface area contributed by atoms with E-state index < -0.39 is 21.0 Å². The lowest BCUT2D eigenvalue weighted by Crippen LogP contribution is -2.52. The fourth-order valence-corrected chi connectivity index (χ4v) is 6.44. The van der Waals surface area contributed by atoms with Gasteiger partial charge in [0.1, 0.15) is 0 Å². The van der Waals surface area contributed by atoms with Gasteiger partial charge in [-0.05, 0) is 42.6 Å². The second kappa shape index (κ2) is 10.0. The minimum absolute atomic E-state index is 0.0128. The lowest BCUT2D eigenvalue weighted by atomic mass is 10.1. The van der Waals surface area contributed by atoms with E-state index in [1.165, 1.54) is 30.0 Å². The number of nitrogens with one attached hydrogen (secondary N) is 1. The van der Waals surface area contributed by atoms with Gasteiger partial charge in [0.15, 0.2) is 0 Å². The molecule has 1 aliphatic heterocycles.